The molecule has 1 heterocycles. The van der Waals surface area contributed by atoms with Crippen molar-refractivity contribution in [2.75, 3.05) is 33.4 Å². The van der Waals surface area contributed by atoms with Gasteiger partial charge in [-0.25, -0.2) is 0 Å². The molecular weight excluding hydrogens is 304 g/mol. The summed E-state index contributed by atoms with van der Waals surface area (Å²) in [6.45, 7) is 3.04. The monoisotopic (exact) mass is 328 g/mol. The number of nitrogens with one attached hydrogen (secondary N) is 2. The van der Waals surface area contributed by atoms with E-state index in [1.165, 1.54) is 0 Å². The van der Waals surface area contributed by atoms with Gasteiger partial charge in [0.1, 0.15) is 18.1 Å². The van der Waals surface area contributed by atoms with Crippen molar-refractivity contribution in [2.45, 2.75) is 19.3 Å². The molecule has 0 saturated carbocycles. The van der Waals surface area contributed by atoms with Crippen molar-refractivity contribution in [3.8, 4) is 11.5 Å². The molecule has 1 aromatic rings. The van der Waals surface area contributed by atoms with Crippen LogP contribution in [0, 0.1) is 5.92 Å². The van der Waals surface area contributed by atoms with Gasteiger partial charge in [0.25, 0.3) is 0 Å². The summed E-state index contributed by atoms with van der Waals surface area (Å²) in [5, 5.41) is 6.22. The van der Waals surface area contributed by atoms with Crippen LogP contribution in [-0.2, 0) is 4.79 Å². The van der Waals surface area contributed by atoms with E-state index >= 15 is 0 Å². The third kappa shape index (κ3) is 6.54. The minimum atomic E-state index is 0. The molecule has 0 aromatic heterocycles. The maximum absolute atomic E-state index is 11.8. The first-order valence-electron chi connectivity index (χ1n) is 7.52. The highest BCUT2D eigenvalue weighted by Crippen LogP contribution is 2.18. The summed E-state index contributed by atoms with van der Waals surface area (Å²) in [5.41, 5.74) is 0. The molecule has 0 bridgehead atoms. The molecule has 1 aliphatic heterocycles. The number of rotatable bonds is 7. The van der Waals surface area contributed by atoms with Crippen molar-refractivity contribution >= 4 is 18.3 Å². The number of hydrogen-bond acceptors (Lipinski definition) is 4. The second-order valence-corrected chi connectivity index (χ2v) is 5.27. The summed E-state index contributed by atoms with van der Waals surface area (Å²) in [6, 6.07) is 7.45. The van der Waals surface area contributed by atoms with Gasteiger partial charge in [0, 0.05) is 12.5 Å². The molecule has 2 N–H and O–H groups in total. The highest BCUT2D eigenvalue weighted by atomic mass is 35.5. The Hall–Kier alpha value is -1.46. The lowest BCUT2D eigenvalue weighted by Gasteiger charge is -2.21. The molecular formula is C16H25ClN2O3. The fourth-order valence-corrected chi connectivity index (χ4v) is 2.47. The summed E-state index contributed by atoms with van der Waals surface area (Å²) in [4.78, 5) is 11.8. The maximum Gasteiger partial charge on any atom is 0.220 e. The molecule has 0 radical (unpaired) electrons. The fraction of sp³-hybridized carbons (Fsp3) is 0.562. The Morgan fingerprint density at radius 3 is 2.77 bits per heavy atom. The van der Waals surface area contributed by atoms with E-state index < -0.39 is 0 Å². The minimum Gasteiger partial charge on any atom is -0.497 e. The molecule has 1 fully saturated rings. The third-order valence-corrected chi connectivity index (χ3v) is 3.67. The molecule has 0 unspecified atom stereocenters. The van der Waals surface area contributed by atoms with Crippen LogP contribution in [0.25, 0.3) is 0 Å². The van der Waals surface area contributed by atoms with Crippen molar-refractivity contribution < 1.29 is 14.3 Å². The molecule has 5 nitrogen and oxygen atoms in total. The summed E-state index contributed by atoms with van der Waals surface area (Å²) >= 11 is 0. The van der Waals surface area contributed by atoms with E-state index in [4.69, 9.17) is 9.47 Å². The maximum atomic E-state index is 11.8. The number of amides is 1. The summed E-state index contributed by atoms with van der Waals surface area (Å²) in [5.74, 6) is 2.16. The van der Waals surface area contributed by atoms with E-state index in [0.29, 0.717) is 25.5 Å². The van der Waals surface area contributed by atoms with Crippen LogP contribution in [0.4, 0.5) is 0 Å². The highest BCUT2D eigenvalue weighted by molar-refractivity contribution is 5.85. The topological polar surface area (TPSA) is 59.6 Å². The van der Waals surface area contributed by atoms with E-state index in [1.54, 1.807) is 7.11 Å². The van der Waals surface area contributed by atoms with Gasteiger partial charge in [0.05, 0.1) is 13.7 Å². The van der Waals surface area contributed by atoms with Crippen molar-refractivity contribution in [1.82, 2.24) is 10.6 Å². The summed E-state index contributed by atoms with van der Waals surface area (Å²) in [6.07, 6.45) is 2.81. The largest absolute Gasteiger partial charge is 0.497 e. The van der Waals surface area contributed by atoms with Gasteiger partial charge in [-0.05, 0) is 44.0 Å². The first-order valence-corrected chi connectivity index (χ1v) is 7.52. The Kier molecular flexibility index (Phi) is 8.70. The molecule has 6 heteroatoms. The minimum absolute atomic E-state index is 0. The van der Waals surface area contributed by atoms with Crippen molar-refractivity contribution in [1.29, 1.82) is 0 Å². The number of carbonyl (C=O) groups excluding carboxylic acids is 1. The number of carbonyl (C=O) groups is 1. The van der Waals surface area contributed by atoms with Gasteiger partial charge < -0.3 is 20.1 Å². The lowest BCUT2D eigenvalue weighted by atomic mass is 9.94. The normalized spacial score (nSPS) is 14.8. The van der Waals surface area contributed by atoms with E-state index in [0.717, 1.165) is 37.4 Å². The van der Waals surface area contributed by atoms with Gasteiger partial charge in [0.15, 0.2) is 0 Å². The number of halogens is 1. The molecule has 1 saturated heterocycles. The first kappa shape index (κ1) is 18.6. The zero-order chi connectivity index (χ0) is 14.9. The molecule has 0 aliphatic carbocycles. The zero-order valence-corrected chi connectivity index (χ0v) is 13.8. The van der Waals surface area contributed by atoms with Crippen molar-refractivity contribution in [3.63, 3.8) is 0 Å². The fourth-order valence-electron chi connectivity index (χ4n) is 2.47. The average molecular weight is 329 g/mol. The van der Waals surface area contributed by atoms with Crippen LogP contribution in [0.1, 0.15) is 19.3 Å². The summed E-state index contributed by atoms with van der Waals surface area (Å²) < 4.78 is 10.7. The second-order valence-electron chi connectivity index (χ2n) is 5.27. The van der Waals surface area contributed by atoms with Crippen LogP contribution < -0.4 is 20.1 Å². The van der Waals surface area contributed by atoms with E-state index in [2.05, 4.69) is 10.6 Å². The van der Waals surface area contributed by atoms with Crippen LogP contribution in [0.2, 0.25) is 0 Å². The molecule has 0 spiro atoms. The number of piperidine rings is 1. The van der Waals surface area contributed by atoms with Crippen LogP contribution in [0.5, 0.6) is 11.5 Å². The van der Waals surface area contributed by atoms with Gasteiger partial charge in [-0.15, -0.1) is 12.4 Å². The number of ether oxygens (including phenoxy) is 2. The molecule has 1 aromatic carbocycles. The predicted octanol–water partition coefficient (Wildman–Crippen LogP) is 2.00. The lowest BCUT2D eigenvalue weighted by molar-refractivity contribution is -0.122. The van der Waals surface area contributed by atoms with Gasteiger partial charge in [-0.3, -0.25) is 4.79 Å². The van der Waals surface area contributed by atoms with Gasteiger partial charge in [-0.2, -0.15) is 0 Å². The molecule has 0 atom stereocenters. The summed E-state index contributed by atoms with van der Waals surface area (Å²) in [7, 11) is 1.63. The van der Waals surface area contributed by atoms with Gasteiger partial charge >= 0.3 is 0 Å². The molecule has 124 valence electrons. The Balaban J connectivity index is 0.00000242. The molecule has 1 amide bonds. The number of methoxy groups -OCH3 is 1. The smallest absolute Gasteiger partial charge is 0.220 e. The van der Waals surface area contributed by atoms with Crippen molar-refractivity contribution in [2.24, 2.45) is 5.92 Å². The van der Waals surface area contributed by atoms with Crippen LogP contribution in [0.3, 0.4) is 0 Å². The Labute approximate surface area is 138 Å². The lowest BCUT2D eigenvalue weighted by Crippen LogP contribution is -2.33. The number of hydrogen-bond donors (Lipinski definition) is 2. The molecule has 22 heavy (non-hydrogen) atoms. The Morgan fingerprint density at radius 2 is 2.05 bits per heavy atom. The predicted molar refractivity (Wildman–Crippen MR) is 89.0 cm³/mol. The third-order valence-electron chi connectivity index (χ3n) is 3.67. The second kappa shape index (κ2) is 10.3. The van der Waals surface area contributed by atoms with Crippen LogP contribution in [-0.4, -0.2) is 39.3 Å². The SMILES string of the molecule is COc1cccc(OCCNC(=O)CC2CCNCC2)c1.Cl. The Morgan fingerprint density at radius 1 is 1.32 bits per heavy atom. The van der Waals surface area contributed by atoms with Gasteiger partial charge in [0.2, 0.25) is 5.91 Å². The quantitative estimate of drug-likeness (QED) is 0.752. The Bertz CT molecular complexity index is 451. The highest BCUT2D eigenvalue weighted by Gasteiger charge is 2.16. The average Bonchev–Trinajstić information content (AvgIpc) is 2.53. The first-order chi connectivity index (χ1) is 10.3. The van der Waals surface area contributed by atoms with E-state index in [-0.39, 0.29) is 18.3 Å². The van der Waals surface area contributed by atoms with E-state index in [1.807, 2.05) is 24.3 Å². The zero-order valence-electron chi connectivity index (χ0n) is 13.0. The number of benzene rings is 1. The van der Waals surface area contributed by atoms with Crippen molar-refractivity contribution in [3.05, 3.63) is 24.3 Å². The molecule has 2 rings (SSSR count). The van der Waals surface area contributed by atoms with Crippen LogP contribution >= 0.6 is 12.4 Å². The van der Waals surface area contributed by atoms with Crippen LogP contribution in [0.15, 0.2) is 24.3 Å². The van der Waals surface area contributed by atoms with E-state index in [9.17, 15) is 4.79 Å². The standard InChI is InChI=1S/C16H24N2O3.ClH/c1-20-14-3-2-4-15(12-14)21-10-9-18-16(19)11-13-5-7-17-8-6-13;/h2-4,12-13,17H,5-11H2,1H3,(H,18,19);1H. The van der Waals surface area contributed by atoms with Gasteiger partial charge in [-0.1, -0.05) is 6.07 Å². The molecule has 1 aliphatic rings.